The second kappa shape index (κ2) is 21.0. The van der Waals surface area contributed by atoms with Crippen LogP contribution in [0, 0.1) is 0 Å². The molecule has 15 heteroatoms. The lowest BCUT2D eigenvalue weighted by Gasteiger charge is -2.27. The summed E-state index contributed by atoms with van der Waals surface area (Å²) in [6, 6.07) is 57.8. The number of nitrogens with zero attached hydrogens (tertiary/aromatic N) is 2. The third kappa shape index (κ3) is 9.42. The van der Waals surface area contributed by atoms with Crippen LogP contribution in [0.25, 0.3) is 91.1 Å². The average molecular weight is 1140 g/mol. The molecule has 416 valence electrons. The van der Waals surface area contributed by atoms with Crippen molar-refractivity contribution in [3.05, 3.63) is 261 Å². The van der Waals surface area contributed by atoms with Gasteiger partial charge in [0.15, 0.2) is 11.2 Å². The Morgan fingerprint density at radius 3 is 1.48 bits per heavy atom. The van der Waals surface area contributed by atoms with Crippen LogP contribution in [0.5, 0.6) is 11.5 Å². The summed E-state index contributed by atoms with van der Waals surface area (Å²) in [6.07, 6.45) is 4.44. The second-order valence-corrected chi connectivity index (χ2v) is 22.2. The predicted molar refractivity (Wildman–Crippen MR) is 326 cm³/mol. The Morgan fingerprint density at radius 2 is 0.976 bits per heavy atom. The van der Waals surface area contributed by atoms with Crippen molar-refractivity contribution in [3.63, 3.8) is 0 Å². The van der Waals surface area contributed by atoms with Crippen molar-refractivity contribution < 1.29 is 57.9 Å². The van der Waals surface area contributed by atoms with Gasteiger partial charge in [-0.15, -0.1) is 0 Å². The van der Waals surface area contributed by atoms with Gasteiger partial charge < -0.3 is 48.3 Å². The molecule has 4 heterocycles. The van der Waals surface area contributed by atoms with Crippen molar-refractivity contribution in [1.82, 2.24) is 9.97 Å². The predicted octanol–water partition coefficient (Wildman–Crippen LogP) is 14.1. The Bertz CT molecular complexity index is 4550. The number of carboxylic acids is 2. The molecule has 14 rings (SSSR count). The number of aliphatic carboxylic acids is 2. The van der Waals surface area contributed by atoms with E-state index in [2.05, 4.69) is 0 Å². The Hall–Kier alpha value is -10.6. The van der Waals surface area contributed by atoms with E-state index < -0.39 is 22.6 Å². The Labute approximate surface area is 487 Å². The fourth-order valence-corrected chi connectivity index (χ4v) is 13.0. The van der Waals surface area contributed by atoms with Crippen LogP contribution >= 0.6 is 11.4 Å². The third-order valence-corrected chi connectivity index (χ3v) is 17.4. The first kappa shape index (κ1) is 52.5. The zero-order chi connectivity index (χ0) is 58.1. The number of phenols is 2. The summed E-state index contributed by atoms with van der Waals surface area (Å²) in [5.74, 6) is 0.101. The summed E-state index contributed by atoms with van der Waals surface area (Å²) in [6.45, 7) is -0.405. The van der Waals surface area contributed by atoms with Crippen LogP contribution in [0.1, 0.15) is 72.4 Å². The highest BCUT2D eigenvalue weighted by Gasteiger charge is 2.51. The molecule has 0 spiro atoms. The molecule has 12 aromatic rings. The van der Waals surface area contributed by atoms with E-state index in [-0.39, 0.29) is 35.8 Å². The number of hydrogen-bond donors (Lipinski definition) is 7. The number of furan rings is 2. The molecule has 0 amide bonds. The largest absolute Gasteiger partial charge is 0.508 e. The molecule has 4 aromatic heterocycles. The molecule has 14 nitrogen and oxygen atoms in total. The topological polar surface area (TPSA) is 234 Å². The number of aliphatic hydroxyl groups excluding tert-OH is 2. The van der Waals surface area contributed by atoms with Gasteiger partial charge >= 0.3 is 11.9 Å². The minimum Gasteiger partial charge on any atom is -0.508 e. The monoisotopic (exact) mass is 1140 g/mol. The van der Waals surface area contributed by atoms with Crippen LogP contribution < -0.4 is 0 Å². The molecule has 0 saturated heterocycles. The SMILES string of the molecule is O=C(O)C(C(=O)O)(c1ccc2c(c1)C=C(c1ccc(O)cc1)C2)c1ccc2c(c1)C=C(c1ccc(O)cc1)C2[SH]=C(c1ccc2oc(-c3ccc(-c4ccc(CO)o4)cc3)nc2c1)c1ccc2oc(-c3ccc(-c4ccc(CO)o4)cc3)nc2c1. The molecule has 2 aliphatic carbocycles. The maximum absolute atomic E-state index is 13.8. The van der Waals surface area contributed by atoms with Crippen LogP contribution in [-0.2, 0) is 34.6 Å². The Morgan fingerprint density at radius 1 is 0.494 bits per heavy atom. The van der Waals surface area contributed by atoms with Gasteiger partial charge in [0, 0.05) is 32.4 Å². The fourth-order valence-electron chi connectivity index (χ4n) is 11.4. The number of rotatable bonds is 15. The number of carboxylic acid groups (broad SMARTS) is 2. The number of aromatic hydroxyl groups is 2. The van der Waals surface area contributed by atoms with Crippen LogP contribution in [0.15, 0.2) is 212 Å². The van der Waals surface area contributed by atoms with E-state index in [1.165, 1.54) is 0 Å². The third-order valence-electron chi connectivity index (χ3n) is 15.8. The normalized spacial score (nSPS) is 13.7. The number of phenolic OH excluding ortho intramolecular Hbond substituents is 2. The minimum atomic E-state index is -2.51. The Kier molecular flexibility index (Phi) is 13.0. The lowest BCUT2D eigenvalue weighted by molar-refractivity contribution is -0.155. The number of carbonyl (C=O) groups is 2. The zero-order valence-corrected chi connectivity index (χ0v) is 45.7. The zero-order valence-electron chi connectivity index (χ0n) is 44.8. The van der Waals surface area contributed by atoms with Crippen molar-refractivity contribution in [3.8, 4) is 57.1 Å². The molecule has 8 aromatic carbocycles. The van der Waals surface area contributed by atoms with Gasteiger partial charge in [0.1, 0.15) is 58.8 Å². The second-order valence-electron chi connectivity index (χ2n) is 20.9. The van der Waals surface area contributed by atoms with Crippen LogP contribution in [0.3, 0.4) is 0 Å². The number of allylic oxidation sites excluding steroid dienone is 1. The molecule has 0 fully saturated rings. The highest BCUT2D eigenvalue weighted by Crippen LogP contribution is 2.50. The van der Waals surface area contributed by atoms with Gasteiger partial charge in [-0.3, -0.25) is 9.59 Å². The summed E-state index contributed by atoms with van der Waals surface area (Å²) in [5.41, 5.74) is 11.2. The van der Waals surface area contributed by atoms with Gasteiger partial charge in [-0.1, -0.05) is 91.0 Å². The van der Waals surface area contributed by atoms with Crippen molar-refractivity contribution in [1.29, 1.82) is 0 Å². The number of aliphatic hydroxyl groups is 2. The summed E-state index contributed by atoms with van der Waals surface area (Å²) >= 11 is 0.759. The first-order chi connectivity index (χ1) is 41.4. The van der Waals surface area contributed by atoms with Gasteiger partial charge in [-0.2, -0.15) is 11.4 Å². The maximum atomic E-state index is 13.8. The molecular weight excluding hydrogens is 1090 g/mol. The van der Waals surface area contributed by atoms with Gasteiger partial charge in [0.2, 0.25) is 17.2 Å². The summed E-state index contributed by atoms with van der Waals surface area (Å²) in [4.78, 5) is 38.5. The molecule has 0 radical (unpaired) electrons. The van der Waals surface area contributed by atoms with Crippen LogP contribution in [0.2, 0.25) is 0 Å². The number of benzene rings is 8. The lowest BCUT2D eigenvalue weighted by atomic mass is 9.73. The van der Waals surface area contributed by atoms with Gasteiger partial charge in [-0.05, 0) is 188 Å². The molecule has 0 bridgehead atoms. The first-order valence-electron chi connectivity index (χ1n) is 27.1. The number of thiol groups is 1. The van der Waals surface area contributed by atoms with Crippen LogP contribution in [0.4, 0.5) is 0 Å². The number of fused-ring (bicyclic) bond motifs is 4. The summed E-state index contributed by atoms with van der Waals surface area (Å²) in [7, 11) is 0. The first-order valence-corrected chi connectivity index (χ1v) is 28.1. The van der Waals surface area contributed by atoms with Gasteiger partial charge in [0.25, 0.3) is 0 Å². The highest BCUT2D eigenvalue weighted by atomic mass is 32.1. The van der Waals surface area contributed by atoms with E-state index in [0.717, 1.165) is 83.0 Å². The van der Waals surface area contributed by atoms with Gasteiger partial charge in [-0.25, -0.2) is 9.97 Å². The Balaban J connectivity index is 0.886. The molecule has 6 N–H and O–H groups in total. The molecule has 0 aliphatic heterocycles. The minimum absolute atomic E-state index is 0.0622. The molecule has 2 aliphatic rings. The van der Waals surface area contributed by atoms with E-state index >= 15 is 0 Å². The van der Waals surface area contributed by atoms with E-state index in [9.17, 15) is 40.2 Å². The van der Waals surface area contributed by atoms with Crippen molar-refractivity contribution in [2.45, 2.75) is 30.3 Å². The van der Waals surface area contributed by atoms with Crippen LogP contribution in [-0.4, -0.2) is 57.4 Å². The average Bonchev–Trinajstić information content (AvgIpc) is 2.90. The molecule has 1 atom stereocenters. The lowest BCUT2D eigenvalue weighted by Crippen LogP contribution is -2.45. The van der Waals surface area contributed by atoms with E-state index in [1.54, 1.807) is 66.7 Å². The van der Waals surface area contributed by atoms with Crippen molar-refractivity contribution in [2.24, 2.45) is 0 Å². The number of aromatic nitrogens is 2. The quantitative estimate of drug-likeness (QED) is 0.0219. The molecular formula is C70H48N2O12S. The number of oxazole rings is 2. The molecule has 85 heavy (non-hydrogen) atoms. The molecule has 0 saturated carbocycles. The number of hydrogen-bond acceptors (Lipinski definition) is 12. The smallest absolute Gasteiger partial charge is 0.330 e. The van der Waals surface area contributed by atoms with Crippen molar-refractivity contribution >= 4 is 73.7 Å². The van der Waals surface area contributed by atoms with Gasteiger partial charge in [0.05, 0.1) is 0 Å². The maximum Gasteiger partial charge on any atom is 0.330 e. The summed E-state index contributed by atoms with van der Waals surface area (Å²) < 4.78 is 24.3. The van der Waals surface area contributed by atoms with E-state index in [1.807, 2.05) is 140 Å². The molecule has 1 unspecified atom stereocenters. The standard InChI is InChI=1S/C70H48N2O12S/c73-36-54-22-27-60(81-54)40-1-5-42(6-2-40)66-71-58-34-45(14-25-62(58)83-66)64(46-15-26-63-59(35-46)72-67(84-63)43-7-3-41(4-8-43)61-28-23-55(37-74)82-61)85-65-56-24-17-51(32-49(56)33-57(65)39-12-20-53(76)21-13-39)70(68(77)78,69(79)80)50-16-9-44-29-47(30-48(44)31-50)38-10-18-52(75)19-11-38/h1-28,30-35,65,73-76,85H,29,36-37H2,(H,77,78)(H,79,80). The summed E-state index contributed by atoms with van der Waals surface area (Å²) in [5, 5.41) is 61.6. The van der Waals surface area contributed by atoms with Crippen molar-refractivity contribution in [2.75, 3.05) is 0 Å². The highest BCUT2D eigenvalue weighted by molar-refractivity contribution is 8.00. The van der Waals surface area contributed by atoms with E-state index in [0.29, 0.717) is 74.6 Å². The fraction of sp³-hybridized carbons (Fsp3) is 0.0714. The van der Waals surface area contributed by atoms with E-state index in [4.69, 9.17) is 27.6 Å².